The summed E-state index contributed by atoms with van der Waals surface area (Å²) in [5.41, 5.74) is 0.724. The third-order valence-corrected chi connectivity index (χ3v) is 4.61. The minimum atomic E-state index is -0.362. The standard InChI is InChI=1S/C18H12N4O3S/c23-17(14-8-11-4-1-2-6-13(11)18(24)26-14)20-10-15-21-16(22-25-15)12-5-3-7-19-9-12/h1-9H,10H2,(H,20,23). The molecule has 0 spiro atoms. The van der Waals surface area contributed by atoms with Crippen molar-refractivity contribution in [2.45, 2.75) is 6.54 Å². The average Bonchev–Trinajstić information content (AvgIpc) is 3.16. The molecule has 128 valence electrons. The van der Waals surface area contributed by atoms with Crippen LogP contribution in [0.2, 0.25) is 0 Å². The summed E-state index contributed by atoms with van der Waals surface area (Å²) in [4.78, 5) is 33.0. The van der Waals surface area contributed by atoms with Gasteiger partial charge in [-0.2, -0.15) is 4.98 Å². The summed E-state index contributed by atoms with van der Waals surface area (Å²) in [5.74, 6) is 0.307. The molecule has 3 heterocycles. The van der Waals surface area contributed by atoms with Crippen LogP contribution in [0, 0.1) is 0 Å². The summed E-state index contributed by atoms with van der Waals surface area (Å²) in [6, 6.07) is 12.5. The zero-order valence-corrected chi connectivity index (χ0v) is 14.2. The number of rotatable bonds is 4. The number of carbonyl (C=O) groups is 1. The van der Waals surface area contributed by atoms with E-state index in [0.717, 1.165) is 22.3 Å². The SMILES string of the molecule is O=C(NCc1nc(-c2cccnc2)no1)c1cc2ccccc2c(=O)s1. The lowest BCUT2D eigenvalue weighted by molar-refractivity contribution is 0.0950. The second-order valence-corrected chi connectivity index (χ2v) is 6.44. The number of benzene rings is 1. The Hall–Kier alpha value is -3.39. The molecule has 0 aliphatic rings. The molecule has 26 heavy (non-hydrogen) atoms. The van der Waals surface area contributed by atoms with E-state index in [1.165, 1.54) is 0 Å². The van der Waals surface area contributed by atoms with Crippen LogP contribution in [0.25, 0.3) is 22.2 Å². The molecule has 0 bridgehead atoms. The smallest absolute Gasteiger partial charge is 0.261 e. The van der Waals surface area contributed by atoms with Crippen molar-refractivity contribution in [3.05, 3.63) is 75.2 Å². The molecule has 7 nitrogen and oxygen atoms in total. The highest BCUT2D eigenvalue weighted by Crippen LogP contribution is 2.16. The molecule has 0 saturated heterocycles. The lowest BCUT2D eigenvalue weighted by atomic mass is 10.2. The highest BCUT2D eigenvalue weighted by molar-refractivity contribution is 7.12. The molecule has 0 radical (unpaired) electrons. The van der Waals surface area contributed by atoms with Gasteiger partial charge in [-0.3, -0.25) is 14.6 Å². The Labute approximate surface area is 151 Å². The summed E-state index contributed by atoms with van der Waals surface area (Å²) < 4.78 is 4.99. The van der Waals surface area contributed by atoms with Crippen LogP contribution < -0.4 is 10.1 Å². The molecule has 1 aromatic carbocycles. The Morgan fingerprint density at radius 3 is 2.92 bits per heavy atom. The van der Waals surface area contributed by atoms with Gasteiger partial charge in [-0.1, -0.05) is 34.7 Å². The van der Waals surface area contributed by atoms with Crippen molar-refractivity contribution in [3.63, 3.8) is 0 Å². The third kappa shape index (κ3) is 3.22. The van der Waals surface area contributed by atoms with Crippen LogP contribution in [-0.2, 0) is 6.54 Å². The summed E-state index contributed by atoms with van der Waals surface area (Å²) >= 11 is 0.910. The molecule has 1 N–H and O–H groups in total. The first kappa shape index (κ1) is 16.1. The molecule has 0 aliphatic carbocycles. The molecule has 0 aliphatic heterocycles. The first-order chi connectivity index (χ1) is 12.7. The molecule has 0 unspecified atom stereocenters. The van der Waals surface area contributed by atoms with Crippen molar-refractivity contribution in [2.24, 2.45) is 0 Å². The minimum absolute atomic E-state index is 0.0693. The Kier molecular flexibility index (Phi) is 4.24. The van der Waals surface area contributed by atoms with Gasteiger partial charge in [-0.25, -0.2) is 0 Å². The predicted octanol–water partition coefficient (Wildman–Crippen LogP) is 2.64. The number of nitrogens with one attached hydrogen (secondary N) is 1. The monoisotopic (exact) mass is 364 g/mol. The molecule has 8 heteroatoms. The van der Waals surface area contributed by atoms with E-state index >= 15 is 0 Å². The van der Waals surface area contributed by atoms with Gasteiger partial charge in [-0.05, 0) is 29.7 Å². The van der Waals surface area contributed by atoms with Crippen molar-refractivity contribution in [3.8, 4) is 11.4 Å². The highest BCUT2D eigenvalue weighted by Gasteiger charge is 2.13. The van der Waals surface area contributed by atoms with Crippen LogP contribution in [0.5, 0.6) is 0 Å². The van der Waals surface area contributed by atoms with Crippen molar-refractivity contribution < 1.29 is 9.32 Å². The predicted molar refractivity (Wildman–Crippen MR) is 96.8 cm³/mol. The number of amides is 1. The van der Waals surface area contributed by atoms with Gasteiger partial charge < -0.3 is 9.84 Å². The molecular weight excluding hydrogens is 352 g/mol. The number of nitrogens with zero attached hydrogens (tertiary/aromatic N) is 3. The maximum atomic E-state index is 12.4. The first-order valence-corrected chi connectivity index (χ1v) is 8.56. The molecule has 1 amide bonds. The van der Waals surface area contributed by atoms with E-state index < -0.39 is 0 Å². The van der Waals surface area contributed by atoms with Gasteiger partial charge in [0, 0.05) is 23.3 Å². The van der Waals surface area contributed by atoms with Crippen LogP contribution in [-0.4, -0.2) is 21.0 Å². The van der Waals surface area contributed by atoms with E-state index in [1.807, 2.05) is 12.1 Å². The number of hydrogen-bond acceptors (Lipinski definition) is 7. The van der Waals surface area contributed by atoms with E-state index in [0.29, 0.717) is 16.1 Å². The zero-order valence-electron chi connectivity index (χ0n) is 13.4. The van der Waals surface area contributed by atoms with E-state index in [9.17, 15) is 9.59 Å². The van der Waals surface area contributed by atoms with Crippen molar-refractivity contribution in [1.29, 1.82) is 0 Å². The Bertz CT molecular complexity index is 1140. The van der Waals surface area contributed by atoms with Gasteiger partial charge in [-0.15, -0.1) is 0 Å². The largest absolute Gasteiger partial charge is 0.342 e. The van der Waals surface area contributed by atoms with Gasteiger partial charge >= 0.3 is 0 Å². The van der Waals surface area contributed by atoms with Crippen LogP contribution in [0.1, 0.15) is 15.6 Å². The summed E-state index contributed by atoms with van der Waals surface area (Å²) in [6.45, 7) is 0.0693. The molecule has 3 aromatic heterocycles. The summed E-state index contributed by atoms with van der Waals surface area (Å²) in [5, 5.41) is 7.90. The molecule has 0 saturated carbocycles. The van der Waals surface area contributed by atoms with Gasteiger partial charge in [0.15, 0.2) is 0 Å². The second-order valence-electron chi connectivity index (χ2n) is 5.42. The highest BCUT2D eigenvalue weighted by atomic mass is 32.1. The maximum Gasteiger partial charge on any atom is 0.261 e. The zero-order chi connectivity index (χ0) is 17.9. The van der Waals surface area contributed by atoms with Crippen LogP contribution >= 0.6 is 11.3 Å². The van der Waals surface area contributed by atoms with Gasteiger partial charge in [0.25, 0.3) is 5.91 Å². The second kappa shape index (κ2) is 6.85. The number of aromatic nitrogens is 3. The lowest BCUT2D eigenvalue weighted by Gasteiger charge is -2.03. The lowest BCUT2D eigenvalue weighted by Crippen LogP contribution is -2.23. The van der Waals surface area contributed by atoms with Crippen LogP contribution in [0.3, 0.4) is 0 Å². The van der Waals surface area contributed by atoms with Crippen molar-refractivity contribution in [1.82, 2.24) is 20.4 Å². The molecule has 0 fully saturated rings. The Balaban J connectivity index is 1.49. The minimum Gasteiger partial charge on any atom is -0.342 e. The number of hydrogen-bond donors (Lipinski definition) is 1. The molecule has 4 aromatic rings. The molecule has 0 atom stereocenters. The number of pyridine rings is 1. The topological polar surface area (TPSA) is 98.0 Å². The fourth-order valence-electron chi connectivity index (χ4n) is 2.43. The number of fused-ring (bicyclic) bond motifs is 1. The molecule has 4 rings (SSSR count). The van der Waals surface area contributed by atoms with Gasteiger partial charge in [0.05, 0.1) is 11.4 Å². The first-order valence-electron chi connectivity index (χ1n) is 7.75. The maximum absolute atomic E-state index is 12.4. The Morgan fingerprint density at radius 1 is 1.19 bits per heavy atom. The summed E-state index contributed by atoms with van der Waals surface area (Å²) in [7, 11) is 0. The summed E-state index contributed by atoms with van der Waals surface area (Å²) in [6.07, 6.45) is 3.28. The van der Waals surface area contributed by atoms with E-state index in [-0.39, 0.29) is 23.1 Å². The Morgan fingerprint density at radius 2 is 2.08 bits per heavy atom. The van der Waals surface area contributed by atoms with Crippen LogP contribution in [0.4, 0.5) is 0 Å². The van der Waals surface area contributed by atoms with E-state index in [4.69, 9.17) is 4.52 Å². The van der Waals surface area contributed by atoms with Crippen LogP contribution in [0.15, 0.2) is 64.2 Å². The third-order valence-electron chi connectivity index (χ3n) is 3.68. The quantitative estimate of drug-likeness (QED) is 0.598. The average molecular weight is 364 g/mol. The van der Waals surface area contributed by atoms with Crippen molar-refractivity contribution >= 4 is 28.0 Å². The van der Waals surface area contributed by atoms with E-state index in [2.05, 4.69) is 20.4 Å². The normalized spacial score (nSPS) is 10.8. The van der Waals surface area contributed by atoms with Gasteiger partial charge in [0.2, 0.25) is 16.5 Å². The number of carbonyl (C=O) groups excluding carboxylic acids is 1. The molecular formula is C18H12N4O3S. The fraction of sp³-hybridized carbons (Fsp3) is 0.0556. The fourth-order valence-corrected chi connectivity index (χ4v) is 3.27. The van der Waals surface area contributed by atoms with E-state index in [1.54, 1.807) is 42.7 Å². The van der Waals surface area contributed by atoms with Gasteiger partial charge in [0.1, 0.15) is 0 Å². The van der Waals surface area contributed by atoms with Crippen molar-refractivity contribution in [2.75, 3.05) is 0 Å².